The number of carbonyl (C=O) groups is 1. The molecule has 3 heteroatoms. The second kappa shape index (κ2) is 7.03. The zero-order chi connectivity index (χ0) is 10.7. The minimum absolute atomic E-state index is 0. The largest absolute Gasteiger partial charge is 1.00 e. The SMILES string of the molecule is O=C([O-])C1CC1CCCC1CCCCC1.[Na+]. The van der Waals surface area contributed by atoms with E-state index in [0.717, 1.165) is 18.8 Å². The molecule has 16 heavy (non-hydrogen) atoms. The Bertz CT molecular complexity index is 224. The van der Waals surface area contributed by atoms with Crippen LogP contribution in [0.5, 0.6) is 0 Å². The van der Waals surface area contributed by atoms with Gasteiger partial charge in [0.15, 0.2) is 0 Å². The van der Waals surface area contributed by atoms with Gasteiger partial charge < -0.3 is 9.90 Å². The number of carbonyl (C=O) groups excluding carboxylic acids is 1. The van der Waals surface area contributed by atoms with Crippen molar-refractivity contribution in [2.24, 2.45) is 17.8 Å². The molecule has 0 aromatic rings. The van der Waals surface area contributed by atoms with Crippen LogP contribution in [0.15, 0.2) is 0 Å². The van der Waals surface area contributed by atoms with Crippen LogP contribution in [0.1, 0.15) is 57.8 Å². The molecule has 2 aliphatic carbocycles. The summed E-state index contributed by atoms with van der Waals surface area (Å²) in [5.41, 5.74) is 0. The van der Waals surface area contributed by atoms with Gasteiger partial charge in [0.25, 0.3) is 0 Å². The second-order valence-corrected chi connectivity index (χ2v) is 5.36. The minimum atomic E-state index is -0.822. The van der Waals surface area contributed by atoms with Crippen LogP contribution >= 0.6 is 0 Å². The molecule has 2 unspecified atom stereocenters. The summed E-state index contributed by atoms with van der Waals surface area (Å²) in [4.78, 5) is 10.5. The summed E-state index contributed by atoms with van der Waals surface area (Å²) in [6.45, 7) is 0. The van der Waals surface area contributed by atoms with Crippen LogP contribution < -0.4 is 34.7 Å². The molecule has 2 aliphatic rings. The van der Waals surface area contributed by atoms with Crippen molar-refractivity contribution < 1.29 is 39.5 Å². The summed E-state index contributed by atoms with van der Waals surface area (Å²) in [6, 6.07) is 0. The van der Waals surface area contributed by atoms with Crippen molar-refractivity contribution in [2.75, 3.05) is 0 Å². The third-order valence-corrected chi connectivity index (χ3v) is 4.14. The maximum Gasteiger partial charge on any atom is 1.00 e. The third kappa shape index (κ3) is 4.38. The van der Waals surface area contributed by atoms with Crippen LogP contribution in [0.25, 0.3) is 0 Å². The first-order valence-corrected chi connectivity index (χ1v) is 6.48. The molecule has 2 saturated carbocycles. The van der Waals surface area contributed by atoms with E-state index in [9.17, 15) is 9.90 Å². The van der Waals surface area contributed by atoms with Crippen LogP contribution in [0.4, 0.5) is 0 Å². The van der Waals surface area contributed by atoms with Crippen molar-refractivity contribution >= 4 is 5.97 Å². The maximum atomic E-state index is 10.5. The zero-order valence-corrected chi connectivity index (χ0v) is 12.4. The van der Waals surface area contributed by atoms with Gasteiger partial charge in [0, 0.05) is 11.9 Å². The summed E-state index contributed by atoms with van der Waals surface area (Å²) in [7, 11) is 0. The van der Waals surface area contributed by atoms with Gasteiger partial charge in [0.2, 0.25) is 0 Å². The number of rotatable bonds is 5. The van der Waals surface area contributed by atoms with E-state index in [0.29, 0.717) is 5.92 Å². The summed E-state index contributed by atoms with van der Waals surface area (Å²) < 4.78 is 0. The van der Waals surface area contributed by atoms with E-state index in [2.05, 4.69) is 0 Å². The van der Waals surface area contributed by atoms with Crippen LogP contribution in [0.2, 0.25) is 0 Å². The molecule has 0 aromatic heterocycles. The normalized spacial score (nSPS) is 29.5. The Balaban J connectivity index is 0.00000128. The first-order chi connectivity index (χ1) is 7.27. The van der Waals surface area contributed by atoms with Crippen molar-refractivity contribution in [3.05, 3.63) is 0 Å². The summed E-state index contributed by atoms with van der Waals surface area (Å²) >= 11 is 0. The third-order valence-electron chi connectivity index (χ3n) is 4.14. The van der Waals surface area contributed by atoms with Gasteiger partial charge in [-0.25, -0.2) is 0 Å². The fraction of sp³-hybridized carbons (Fsp3) is 0.923. The Kier molecular flexibility index (Phi) is 6.38. The summed E-state index contributed by atoms with van der Waals surface area (Å²) in [5.74, 6) is 0.478. The predicted octanol–water partition coefficient (Wildman–Crippen LogP) is -0.873. The first-order valence-electron chi connectivity index (χ1n) is 6.48. The second-order valence-electron chi connectivity index (χ2n) is 5.36. The molecule has 0 radical (unpaired) electrons. The number of hydrogen-bond acceptors (Lipinski definition) is 2. The Labute approximate surface area is 120 Å². The smallest absolute Gasteiger partial charge is 0.550 e. The average molecular weight is 232 g/mol. The molecule has 0 bridgehead atoms. The first kappa shape index (κ1) is 14.5. The molecule has 2 nitrogen and oxygen atoms in total. The molecule has 86 valence electrons. The topological polar surface area (TPSA) is 40.1 Å². The summed E-state index contributed by atoms with van der Waals surface area (Å²) in [6.07, 6.45) is 11.6. The molecule has 0 heterocycles. The minimum Gasteiger partial charge on any atom is -0.550 e. The van der Waals surface area contributed by atoms with Gasteiger partial charge in [0.1, 0.15) is 0 Å². The Morgan fingerprint density at radius 3 is 2.38 bits per heavy atom. The van der Waals surface area contributed by atoms with Crippen molar-refractivity contribution in [3.63, 3.8) is 0 Å². The summed E-state index contributed by atoms with van der Waals surface area (Å²) in [5, 5.41) is 10.5. The van der Waals surface area contributed by atoms with E-state index >= 15 is 0 Å². The van der Waals surface area contributed by atoms with Crippen molar-refractivity contribution in [3.8, 4) is 0 Å². The average Bonchev–Trinajstić information content (AvgIpc) is 2.99. The number of hydrogen-bond donors (Lipinski definition) is 0. The van der Waals surface area contributed by atoms with Gasteiger partial charge in [-0.1, -0.05) is 44.9 Å². The molecule has 0 saturated heterocycles. The van der Waals surface area contributed by atoms with Crippen LogP contribution in [0, 0.1) is 17.8 Å². The molecule has 0 aliphatic heterocycles. The molecular weight excluding hydrogens is 211 g/mol. The number of carboxylic acid groups (broad SMARTS) is 1. The fourth-order valence-corrected chi connectivity index (χ4v) is 3.00. The van der Waals surface area contributed by atoms with Crippen LogP contribution in [0.3, 0.4) is 0 Å². The van der Waals surface area contributed by atoms with E-state index in [1.54, 1.807) is 0 Å². The Morgan fingerprint density at radius 2 is 1.81 bits per heavy atom. The van der Waals surface area contributed by atoms with E-state index < -0.39 is 5.97 Å². The van der Waals surface area contributed by atoms with Gasteiger partial charge in [-0.15, -0.1) is 0 Å². The fourth-order valence-electron chi connectivity index (χ4n) is 3.00. The number of carboxylic acids is 1. The molecule has 0 spiro atoms. The van der Waals surface area contributed by atoms with Gasteiger partial charge in [-0.05, 0) is 24.7 Å². The molecule has 2 fully saturated rings. The standard InChI is InChI=1S/C13H22O2.Na/c14-13(15)12-9-11(12)8-4-7-10-5-2-1-3-6-10;/h10-12H,1-9H2,(H,14,15);/q;+1/p-1. The van der Waals surface area contributed by atoms with Crippen LogP contribution in [-0.4, -0.2) is 5.97 Å². The van der Waals surface area contributed by atoms with E-state index in [1.165, 1.54) is 44.9 Å². The van der Waals surface area contributed by atoms with Gasteiger partial charge in [-0.3, -0.25) is 0 Å². The van der Waals surface area contributed by atoms with Gasteiger partial charge >= 0.3 is 29.6 Å². The van der Waals surface area contributed by atoms with Gasteiger partial charge in [-0.2, -0.15) is 0 Å². The van der Waals surface area contributed by atoms with Crippen LogP contribution in [-0.2, 0) is 4.79 Å². The van der Waals surface area contributed by atoms with E-state index in [-0.39, 0.29) is 35.5 Å². The monoisotopic (exact) mass is 232 g/mol. The van der Waals surface area contributed by atoms with Crippen molar-refractivity contribution in [2.45, 2.75) is 57.8 Å². The predicted molar refractivity (Wildman–Crippen MR) is 57.0 cm³/mol. The Hall–Kier alpha value is 0.470. The van der Waals surface area contributed by atoms with Gasteiger partial charge in [0.05, 0.1) is 0 Å². The van der Waals surface area contributed by atoms with Crippen molar-refractivity contribution in [1.82, 2.24) is 0 Å². The molecular formula is C13H21NaO2. The molecule has 0 aromatic carbocycles. The maximum absolute atomic E-state index is 10.5. The quantitative estimate of drug-likeness (QED) is 0.578. The Morgan fingerprint density at radius 1 is 1.12 bits per heavy atom. The molecule has 2 rings (SSSR count). The molecule has 0 amide bonds. The van der Waals surface area contributed by atoms with E-state index in [4.69, 9.17) is 0 Å². The molecule has 0 N–H and O–H groups in total. The molecule has 2 atom stereocenters. The van der Waals surface area contributed by atoms with Crippen molar-refractivity contribution in [1.29, 1.82) is 0 Å². The van der Waals surface area contributed by atoms with E-state index in [1.807, 2.05) is 0 Å². The number of aliphatic carboxylic acids is 1. The zero-order valence-electron chi connectivity index (χ0n) is 10.4.